The summed E-state index contributed by atoms with van der Waals surface area (Å²) < 4.78 is 4.89. The summed E-state index contributed by atoms with van der Waals surface area (Å²) in [5.74, 6) is 0.546. The number of pyridine rings is 1. The molecule has 0 bridgehead atoms. The van der Waals surface area contributed by atoms with Gasteiger partial charge in [0, 0.05) is 18.9 Å². The van der Waals surface area contributed by atoms with Gasteiger partial charge in [-0.3, -0.25) is 0 Å². The maximum absolute atomic E-state index is 5.52. The highest BCUT2D eigenvalue weighted by atomic mass is 16.5. The van der Waals surface area contributed by atoms with Gasteiger partial charge in [0.25, 0.3) is 0 Å². The molecule has 0 spiro atoms. The molecule has 0 atom stereocenters. The first kappa shape index (κ1) is 7.02. The quantitative estimate of drug-likeness (QED) is 0.657. The highest BCUT2D eigenvalue weighted by Gasteiger charge is 1.95. The third kappa shape index (κ3) is 1.45. The van der Waals surface area contributed by atoms with Gasteiger partial charge in [-0.15, -0.1) is 0 Å². The maximum atomic E-state index is 5.52. The minimum Gasteiger partial charge on any atom is -0.383 e. The molecule has 0 radical (unpaired) electrons. The summed E-state index contributed by atoms with van der Waals surface area (Å²) in [6, 6.07) is 3.73. The van der Waals surface area contributed by atoms with Crippen LogP contribution < -0.4 is 5.73 Å². The summed E-state index contributed by atoms with van der Waals surface area (Å²) in [6.45, 7) is 0.527. The Morgan fingerprint density at radius 3 is 3.10 bits per heavy atom. The molecule has 0 saturated heterocycles. The molecule has 0 fully saturated rings. The van der Waals surface area contributed by atoms with Crippen molar-refractivity contribution < 1.29 is 4.74 Å². The van der Waals surface area contributed by atoms with Crippen molar-refractivity contribution in [2.24, 2.45) is 0 Å². The van der Waals surface area contributed by atoms with Crippen LogP contribution in [0.5, 0.6) is 0 Å². The zero-order valence-electron chi connectivity index (χ0n) is 5.87. The summed E-state index contributed by atoms with van der Waals surface area (Å²) >= 11 is 0. The lowest BCUT2D eigenvalue weighted by Crippen LogP contribution is -1.97. The molecule has 0 aliphatic carbocycles. The van der Waals surface area contributed by atoms with Gasteiger partial charge in [-0.1, -0.05) is 6.07 Å². The van der Waals surface area contributed by atoms with Crippen LogP contribution in [0.3, 0.4) is 0 Å². The molecule has 0 unspecified atom stereocenters. The summed E-state index contributed by atoms with van der Waals surface area (Å²) in [5.41, 5.74) is 6.45. The third-order valence-electron chi connectivity index (χ3n) is 1.23. The predicted molar refractivity (Wildman–Crippen MR) is 39.4 cm³/mol. The smallest absolute Gasteiger partial charge is 0.128 e. The van der Waals surface area contributed by atoms with Crippen molar-refractivity contribution in [1.82, 2.24) is 4.98 Å². The number of rotatable bonds is 2. The van der Waals surface area contributed by atoms with E-state index in [-0.39, 0.29) is 0 Å². The Kier molecular flexibility index (Phi) is 2.23. The Balaban J connectivity index is 2.81. The van der Waals surface area contributed by atoms with Gasteiger partial charge in [0.1, 0.15) is 5.82 Å². The van der Waals surface area contributed by atoms with E-state index in [1.54, 1.807) is 13.3 Å². The molecule has 1 aromatic rings. The van der Waals surface area contributed by atoms with Gasteiger partial charge in [-0.25, -0.2) is 4.98 Å². The Morgan fingerprint density at radius 2 is 2.50 bits per heavy atom. The van der Waals surface area contributed by atoms with E-state index in [0.29, 0.717) is 12.4 Å². The summed E-state index contributed by atoms with van der Waals surface area (Å²) in [5, 5.41) is 0. The first-order valence-electron chi connectivity index (χ1n) is 3.03. The molecule has 3 heteroatoms. The van der Waals surface area contributed by atoms with Gasteiger partial charge in [-0.2, -0.15) is 0 Å². The molecular formula is C7H10N2O. The van der Waals surface area contributed by atoms with Gasteiger partial charge in [-0.05, 0) is 6.07 Å². The van der Waals surface area contributed by atoms with Crippen LogP contribution >= 0.6 is 0 Å². The predicted octanol–water partition coefficient (Wildman–Crippen LogP) is 0.810. The molecule has 54 valence electrons. The molecule has 0 aliphatic heterocycles. The summed E-state index contributed by atoms with van der Waals surface area (Å²) in [7, 11) is 1.63. The van der Waals surface area contributed by atoms with Crippen molar-refractivity contribution in [2.45, 2.75) is 6.61 Å². The highest BCUT2D eigenvalue weighted by molar-refractivity contribution is 5.37. The molecule has 0 saturated carbocycles. The number of aromatic nitrogens is 1. The zero-order valence-corrected chi connectivity index (χ0v) is 5.87. The van der Waals surface area contributed by atoms with Crippen LogP contribution in [0.25, 0.3) is 0 Å². The Morgan fingerprint density at radius 1 is 1.70 bits per heavy atom. The number of methoxy groups -OCH3 is 1. The Bertz CT molecular complexity index is 213. The topological polar surface area (TPSA) is 48.1 Å². The van der Waals surface area contributed by atoms with Crippen LogP contribution in [0.4, 0.5) is 5.82 Å². The lowest BCUT2D eigenvalue weighted by Gasteiger charge is -2.00. The van der Waals surface area contributed by atoms with Gasteiger partial charge < -0.3 is 10.5 Å². The largest absolute Gasteiger partial charge is 0.383 e. The first-order chi connectivity index (χ1) is 4.84. The van der Waals surface area contributed by atoms with E-state index in [4.69, 9.17) is 10.5 Å². The van der Waals surface area contributed by atoms with Crippen LogP contribution in [0, 0.1) is 0 Å². The Hall–Kier alpha value is -1.09. The molecule has 2 N–H and O–H groups in total. The van der Waals surface area contributed by atoms with Crippen molar-refractivity contribution in [3.63, 3.8) is 0 Å². The molecule has 0 aliphatic rings. The SMILES string of the molecule is COCc1cccnc1N. The van der Waals surface area contributed by atoms with E-state index >= 15 is 0 Å². The monoisotopic (exact) mass is 138 g/mol. The minimum atomic E-state index is 0.527. The maximum Gasteiger partial charge on any atom is 0.128 e. The number of ether oxygens (including phenoxy) is 1. The Labute approximate surface area is 59.8 Å². The fourth-order valence-electron chi connectivity index (χ4n) is 0.728. The van der Waals surface area contributed by atoms with E-state index < -0.39 is 0 Å². The van der Waals surface area contributed by atoms with Crippen LogP contribution in [-0.2, 0) is 11.3 Å². The van der Waals surface area contributed by atoms with Crippen LogP contribution in [0.1, 0.15) is 5.56 Å². The van der Waals surface area contributed by atoms with Crippen molar-refractivity contribution in [1.29, 1.82) is 0 Å². The summed E-state index contributed by atoms with van der Waals surface area (Å²) in [4.78, 5) is 3.90. The molecule has 0 aromatic carbocycles. The molecule has 1 heterocycles. The van der Waals surface area contributed by atoms with E-state index in [1.165, 1.54) is 0 Å². The van der Waals surface area contributed by atoms with Gasteiger partial charge >= 0.3 is 0 Å². The van der Waals surface area contributed by atoms with Crippen LogP contribution in [0.15, 0.2) is 18.3 Å². The van der Waals surface area contributed by atoms with E-state index in [1.807, 2.05) is 12.1 Å². The normalized spacial score (nSPS) is 9.70. The number of hydrogen-bond donors (Lipinski definition) is 1. The van der Waals surface area contributed by atoms with Crippen molar-refractivity contribution in [2.75, 3.05) is 12.8 Å². The molecule has 3 nitrogen and oxygen atoms in total. The van der Waals surface area contributed by atoms with Crippen molar-refractivity contribution >= 4 is 5.82 Å². The van der Waals surface area contributed by atoms with Crippen molar-refractivity contribution in [3.05, 3.63) is 23.9 Å². The fraction of sp³-hybridized carbons (Fsp3) is 0.286. The summed E-state index contributed by atoms with van der Waals surface area (Å²) in [6.07, 6.45) is 1.66. The average Bonchev–Trinajstić information content (AvgIpc) is 1.94. The first-order valence-corrected chi connectivity index (χ1v) is 3.03. The average molecular weight is 138 g/mol. The second kappa shape index (κ2) is 3.17. The zero-order chi connectivity index (χ0) is 7.40. The molecule has 10 heavy (non-hydrogen) atoms. The van der Waals surface area contributed by atoms with Crippen molar-refractivity contribution in [3.8, 4) is 0 Å². The van der Waals surface area contributed by atoms with Crippen LogP contribution in [-0.4, -0.2) is 12.1 Å². The number of nitrogens with zero attached hydrogens (tertiary/aromatic N) is 1. The van der Waals surface area contributed by atoms with Gasteiger partial charge in [0.2, 0.25) is 0 Å². The number of hydrogen-bond acceptors (Lipinski definition) is 3. The number of anilines is 1. The molecular weight excluding hydrogens is 128 g/mol. The lowest BCUT2D eigenvalue weighted by atomic mass is 10.3. The second-order valence-corrected chi connectivity index (χ2v) is 1.98. The van der Waals surface area contributed by atoms with E-state index in [2.05, 4.69) is 4.98 Å². The fourth-order valence-corrected chi connectivity index (χ4v) is 0.728. The highest BCUT2D eigenvalue weighted by Crippen LogP contribution is 2.06. The molecule has 1 rings (SSSR count). The van der Waals surface area contributed by atoms with E-state index in [0.717, 1.165) is 5.56 Å². The second-order valence-electron chi connectivity index (χ2n) is 1.98. The van der Waals surface area contributed by atoms with Crippen LogP contribution in [0.2, 0.25) is 0 Å². The molecule has 0 amide bonds. The lowest BCUT2D eigenvalue weighted by molar-refractivity contribution is 0.185. The minimum absolute atomic E-state index is 0.527. The van der Waals surface area contributed by atoms with Gasteiger partial charge in [0.15, 0.2) is 0 Å². The molecule has 1 aromatic heterocycles. The van der Waals surface area contributed by atoms with E-state index in [9.17, 15) is 0 Å². The standard InChI is InChI=1S/C7H10N2O/c1-10-5-6-3-2-4-9-7(6)8/h2-4H,5H2,1H3,(H2,8,9). The third-order valence-corrected chi connectivity index (χ3v) is 1.23. The number of nitrogen functional groups attached to an aromatic ring is 1. The number of nitrogens with two attached hydrogens (primary N) is 1. The van der Waals surface area contributed by atoms with Gasteiger partial charge in [0.05, 0.1) is 6.61 Å².